The number of anilines is 3. The van der Waals surface area contributed by atoms with E-state index >= 15 is 0 Å². The van der Waals surface area contributed by atoms with Crippen LogP contribution in [0.1, 0.15) is 30.0 Å². The van der Waals surface area contributed by atoms with E-state index in [4.69, 9.17) is 0 Å². The molecular formula is C20H25N3O3S. The van der Waals surface area contributed by atoms with Crippen molar-refractivity contribution in [2.24, 2.45) is 0 Å². The van der Waals surface area contributed by atoms with Gasteiger partial charge in [-0.1, -0.05) is 25.1 Å². The number of nitrogens with zero attached hydrogens (tertiary/aromatic N) is 1. The van der Waals surface area contributed by atoms with E-state index in [1.807, 2.05) is 45.0 Å². The molecule has 0 atom stereocenters. The Bertz CT molecular complexity index is 970. The second-order valence-corrected chi connectivity index (χ2v) is 8.89. The first-order chi connectivity index (χ1) is 12.8. The van der Waals surface area contributed by atoms with Gasteiger partial charge in [0.25, 0.3) is 0 Å². The normalized spacial score (nSPS) is 13.4. The summed E-state index contributed by atoms with van der Waals surface area (Å²) in [4.78, 5) is 12.4. The third-order valence-electron chi connectivity index (χ3n) is 4.64. The highest BCUT2D eigenvalue weighted by Gasteiger charge is 2.29. The molecule has 1 heterocycles. The Morgan fingerprint density at radius 3 is 2.63 bits per heavy atom. The van der Waals surface area contributed by atoms with E-state index in [1.54, 1.807) is 12.1 Å². The summed E-state index contributed by atoms with van der Waals surface area (Å²) in [7, 11) is -3.32. The number of urea groups is 1. The monoisotopic (exact) mass is 387 g/mol. The molecule has 2 aromatic rings. The van der Waals surface area contributed by atoms with Crippen LogP contribution >= 0.6 is 0 Å². The van der Waals surface area contributed by atoms with E-state index in [0.29, 0.717) is 30.8 Å². The second-order valence-electron chi connectivity index (χ2n) is 6.88. The van der Waals surface area contributed by atoms with Gasteiger partial charge in [0.2, 0.25) is 10.0 Å². The fourth-order valence-electron chi connectivity index (χ4n) is 3.24. The van der Waals surface area contributed by atoms with E-state index in [0.717, 1.165) is 22.4 Å². The maximum absolute atomic E-state index is 12.5. The molecule has 0 aliphatic carbocycles. The van der Waals surface area contributed by atoms with Crippen LogP contribution < -0.4 is 14.9 Å². The first-order valence-corrected chi connectivity index (χ1v) is 10.7. The number of carbonyl (C=O) groups is 1. The largest absolute Gasteiger partial charge is 0.323 e. The van der Waals surface area contributed by atoms with Crippen molar-refractivity contribution in [2.45, 2.75) is 33.6 Å². The van der Waals surface area contributed by atoms with Gasteiger partial charge in [-0.05, 0) is 61.6 Å². The highest BCUT2D eigenvalue weighted by molar-refractivity contribution is 7.92. The summed E-state index contributed by atoms with van der Waals surface area (Å²) in [5.41, 5.74) is 4.99. The zero-order valence-electron chi connectivity index (χ0n) is 15.9. The Kier molecular flexibility index (Phi) is 5.41. The van der Waals surface area contributed by atoms with Gasteiger partial charge < -0.3 is 10.6 Å². The van der Waals surface area contributed by atoms with Crippen LogP contribution in [0.25, 0.3) is 0 Å². The first kappa shape index (κ1) is 19.2. The van der Waals surface area contributed by atoms with Gasteiger partial charge in [0.1, 0.15) is 0 Å². The standard InChI is InChI=1S/C20H25N3O3S/c1-4-11-27(25,26)23-10-9-16-7-8-17(13-19(16)23)21-20(24)22-18-12-14(2)5-6-15(18)3/h5-8,12-13H,4,9-11H2,1-3H3,(H2,21,22,24). The van der Waals surface area contributed by atoms with Gasteiger partial charge in [-0.25, -0.2) is 13.2 Å². The molecule has 0 unspecified atom stereocenters. The quantitative estimate of drug-likeness (QED) is 0.812. The van der Waals surface area contributed by atoms with Crippen LogP contribution in [0, 0.1) is 13.8 Å². The van der Waals surface area contributed by atoms with E-state index in [1.165, 1.54) is 4.31 Å². The van der Waals surface area contributed by atoms with Crippen molar-refractivity contribution in [3.8, 4) is 0 Å². The number of sulfonamides is 1. The molecule has 3 rings (SSSR count). The van der Waals surface area contributed by atoms with Gasteiger partial charge in [0.15, 0.2) is 0 Å². The van der Waals surface area contributed by atoms with E-state index < -0.39 is 10.0 Å². The van der Waals surface area contributed by atoms with Crippen molar-refractivity contribution >= 4 is 33.1 Å². The molecule has 1 aliphatic heterocycles. The fourth-order valence-corrected chi connectivity index (χ4v) is 4.82. The van der Waals surface area contributed by atoms with Crippen LogP contribution in [0.5, 0.6) is 0 Å². The number of fused-ring (bicyclic) bond motifs is 1. The molecule has 2 aromatic carbocycles. The molecule has 144 valence electrons. The average molecular weight is 388 g/mol. The van der Waals surface area contributed by atoms with Gasteiger partial charge >= 0.3 is 6.03 Å². The number of amides is 2. The molecule has 0 aromatic heterocycles. The van der Waals surface area contributed by atoms with Gasteiger partial charge in [-0.15, -0.1) is 0 Å². The Morgan fingerprint density at radius 2 is 1.89 bits per heavy atom. The third kappa shape index (κ3) is 4.24. The van der Waals surface area contributed by atoms with E-state index in [-0.39, 0.29) is 11.8 Å². The van der Waals surface area contributed by atoms with E-state index in [2.05, 4.69) is 10.6 Å². The number of carbonyl (C=O) groups excluding carboxylic acids is 1. The van der Waals surface area contributed by atoms with Gasteiger partial charge in [0.05, 0.1) is 11.4 Å². The van der Waals surface area contributed by atoms with Gasteiger partial charge in [-0.3, -0.25) is 4.31 Å². The second kappa shape index (κ2) is 7.60. The molecule has 27 heavy (non-hydrogen) atoms. The Labute approximate surface area is 160 Å². The third-order valence-corrected chi connectivity index (χ3v) is 6.61. The SMILES string of the molecule is CCCS(=O)(=O)N1CCc2ccc(NC(=O)Nc3cc(C)ccc3C)cc21. The Balaban J connectivity index is 1.77. The number of hydrogen-bond acceptors (Lipinski definition) is 3. The molecule has 0 spiro atoms. The number of benzene rings is 2. The highest BCUT2D eigenvalue weighted by Crippen LogP contribution is 2.33. The molecule has 0 radical (unpaired) electrons. The van der Waals surface area contributed by atoms with Crippen LogP contribution in [0.15, 0.2) is 36.4 Å². The van der Waals surface area contributed by atoms with Crippen LogP contribution in [-0.4, -0.2) is 26.7 Å². The molecule has 1 aliphatic rings. The maximum Gasteiger partial charge on any atom is 0.323 e. The molecular weight excluding hydrogens is 362 g/mol. The summed E-state index contributed by atoms with van der Waals surface area (Å²) in [6.45, 7) is 6.20. The van der Waals surface area contributed by atoms with E-state index in [9.17, 15) is 13.2 Å². The number of aryl methyl sites for hydroxylation is 2. The van der Waals surface area contributed by atoms with Crippen LogP contribution in [0.2, 0.25) is 0 Å². The minimum atomic E-state index is -3.32. The van der Waals surface area contributed by atoms with Crippen molar-refractivity contribution in [1.82, 2.24) is 0 Å². The first-order valence-electron chi connectivity index (χ1n) is 9.09. The summed E-state index contributed by atoms with van der Waals surface area (Å²) >= 11 is 0. The smallest absolute Gasteiger partial charge is 0.308 e. The zero-order valence-corrected chi connectivity index (χ0v) is 16.7. The molecule has 7 heteroatoms. The van der Waals surface area contributed by atoms with Crippen molar-refractivity contribution < 1.29 is 13.2 Å². The summed E-state index contributed by atoms with van der Waals surface area (Å²) in [5.74, 6) is 0.122. The fraction of sp³-hybridized carbons (Fsp3) is 0.350. The predicted octanol–water partition coefficient (Wildman–Crippen LogP) is 4.05. The molecule has 0 bridgehead atoms. The molecule has 2 N–H and O–H groups in total. The summed E-state index contributed by atoms with van der Waals surface area (Å²) < 4.78 is 26.4. The van der Waals surface area contributed by atoms with Gasteiger partial charge in [0, 0.05) is 17.9 Å². The lowest BCUT2D eigenvalue weighted by atomic mass is 10.1. The molecule has 0 saturated carbocycles. The lowest BCUT2D eigenvalue weighted by Crippen LogP contribution is -2.31. The summed E-state index contributed by atoms with van der Waals surface area (Å²) in [5, 5.41) is 5.65. The molecule has 6 nitrogen and oxygen atoms in total. The van der Waals surface area contributed by atoms with Crippen molar-refractivity contribution in [1.29, 1.82) is 0 Å². The molecule has 2 amide bonds. The molecule has 0 saturated heterocycles. The van der Waals surface area contributed by atoms with Crippen LogP contribution in [-0.2, 0) is 16.4 Å². The summed E-state index contributed by atoms with van der Waals surface area (Å²) in [6.07, 6.45) is 1.26. The molecule has 0 fully saturated rings. The lowest BCUT2D eigenvalue weighted by Gasteiger charge is -2.20. The van der Waals surface area contributed by atoms with Crippen LogP contribution in [0.4, 0.5) is 21.9 Å². The van der Waals surface area contributed by atoms with Crippen molar-refractivity contribution in [3.63, 3.8) is 0 Å². The van der Waals surface area contributed by atoms with Crippen molar-refractivity contribution in [3.05, 3.63) is 53.1 Å². The summed E-state index contributed by atoms with van der Waals surface area (Å²) in [6, 6.07) is 10.9. The minimum Gasteiger partial charge on any atom is -0.308 e. The number of nitrogens with one attached hydrogen (secondary N) is 2. The predicted molar refractivity (Wildman–Crippen MR) is 110 cm³/mol. The van der Waals surface area contributed by atoms with Gasteiger partial charge in [-0.2, -0.15) is 0 Å². The average Bonchev–Trinajstić information content (AvgIpc) is 3.02. The highest BCUT2D eigenvalue weighted by atomic mass is 32.2. The number of hydrogen-bond donors (Lipinski definition) is 2. The van der Waals surface area contributed by atoms with Crippen LogP contribution in [0.3, 0.4) is 0 Å². The van der Waals surface area contributed by atoms with Crippen molar-refractivity contribution in [2.75, 3.05) is 27.2 Å². The Morgan fingerprint density at radius 1 is 1.11 bits per heavy atom. The maximum atomic E-state index is 12.5. The minimum absolute atomic E-state index is 0.122. The topological polar surface area (TPSA) is 78.5 Å². The lowest BCUT2D eigenvalue weighted by molar-refractivity contribution is 0.262. The Hall–Kier alpha value is -2.54. The zero-order chi connectivity index (χ0) is 19.6. The number of rotatable bonds is 5.